The first-order chi connectivity index (χ1) is 13.0. The molecule has 1 aliphatic rings. The summed E-state index contributed by atoms with van der Waals surface area (Å²) >= 11 is 6.16. The Bertz CT molecular complexity index is 698. The number of amides is 2. The van der Waals surface area contributed by atoms with Gasteiger partial charge in [-0.3, -0.25) is 9.69 Å². The molecular weight excluding hydrogens is 383 g/mol. The molecule has 1 aromatic carbocycles. The van der Waals surface area contributed by atoms with Crippen molar-refractivity contribution in [2.24, 2.45) is 0 Å². The molecule has 5 nitrogen and oxygen atoms in total. The van der Waals surface area contributed by atoms with Crippen LogP contribution in [0.3, 0.4) is 0 Å². The summed E-state index contributed by atoms with van der Waals surface area (Å²) in [5, 5.41) is 0.283. The monoisotopic (exact) mass is 412 g/mol. The van der Waals surface area contributed by atoms with Crippen LogP contribution in [0.4, 0.5) is 9.18 Å². The van der Waals surface area contributed by atoms with Crippen molar-refractivity contribution in [3.63, 3.8) is 0 Å². The van der Waals surface area contributed by atoms with E-state index in [1.807, 2.05) is 13.8 Å². The Labute approximate surface area is 171 Å². The summed E-state index contributed by atoms with van der Waals surface area (Å²) in [6.45, 7) is 9.66. The van der Waals surface area contributed by atoms with Crippen LogP contribution < -0.4 is 0 Å². The third kappa shape index (κ3) is 5.60. The van der Waals surface area contributed by atoms with Crippen LogP contribution in [0.5, 0.6) is 0 Å². The summed E-state index contributed by atoms with van der Waals surface area (Å²) in [4.78, 5) is 29.1. The summed E-state index contributed by atoms with van der Waals surface area (Å²) in [6, 6.07) is 3.68. The Hall–Kier alpha value is -1.82. The molecule has 0 bridgehead atoms. The lowest BCUT2D eigenvalue weighted by atomic mass is 10.00. The predicted molar refractivity (Wildman–Crippen MR) is 108 cm³/mol. The smallest absolute Gasteiger partial charge is 0.410 e. The number of halogens is 2. The molecule has 28 heavy (non-hydrogen) atoms. The van der Waals surface area contributed by atoms with Crippen LogP contribution in [0.25, 0.3) is 0 Å². The average molecular weight is 413 g/mol. The van der Waals surface area contributed by atoms with Gasteiger partial charge in [0.25, 0.3) is 0 Å². The van der Waals surface area contributed by atoms with Crippen LogP contribution in [0, 0.1) is 5.82 Å². The minimum Gasteiger partial charge on any atom is -0.444 e. The van der Waals surface area contributed by atoms with Gasteiger partial charge in [0.05, 0.1) is 6.54 Å². The predicted octanol–water partition coefficient (Wildman–Crippen LogP) is 5.01. The molecule has 1 heterocycles. The van der Waals surface area contributed by atoms with Gasteiger partial charge >= 0.3 is 6.09 Å². The van der Waals surface area contributed by atoms with Gasteiger partial charge in [-0.1, -0.05) is 17.7 Å². The summed E-state index contributed by atoms with van der Waals surface area (Å²) < 4.78 is 19.8. The Balaban J connectivity index is 2.25. The Morgan fingerprint density at radius 3 is 2.57 bits per heavy atom. The number of piperidine rings is 1. The Kier molecular flexibility index (Phi) is 7.32. The van der Waals surface area contributed by atoms with E-state index in [0.29, 0.717) is 13.0 Å². The molecule has 0 aromatic heterocycles. The lowest BCUT2D eigenvalue weighted by Crippen LogP contribution is -2.55. The normalized spacial score (nSPS) is 17.6. The molecule has 1 fully saturated rings. The Morgan fingerprint density at radius 1 is 1.32 bits per heavy atom. The van der Waals surface area contributed by atoms with Crippen LogP contribution in [0.2, 0.25) is 5.02 Å². The Morgan fingerprint density at radius 2 is 2.00 bits per heavy atom. The zero-order valence-corrected chi connectivity index (χ0v) is 18.1. The van der Waals surface area contributed by atoms with Gasteiger partial charge in [-0.15, -0.1) is 0 Å². The molecule has 1 atom stereocenters. The SMILES string of the molecule is CC(C)N(Cc1c(F)cccc1Cl)C(=O)[C@H]1CCCCN1C(=O)OC(C)(C)C. The van der Waals surface area contributed by atoms with Crippen LogP contribution >= 0.6 is 11.6 Å². The summed E-state index contributed by atoms with van der Waals surface area (Å²) in [5.74, 6) is -0.654. The number of hydrogen-bond donors (Lipinski definition) is 0. The van der Waals surface area contributed by atoms with Gasteiger partial charge in [-0.05, 0) is 66.0 Å². The molecule has 0 aliphatic carbocycles. The summed E-state index contributed by atoms with van der Waals surface area (Å²) in [7, 11) is 0. The van der Waals surface area contributed by atoms with Gasteiger partial charge in [0.15, 0.2) is 0 Å². The zero-order valence-electron chi connectivity index (χ0n) is 17.3. The quantitative estimate of drug-likeness (QED) is 0.698. The van der Waals surface area contributed by atoms with E-state index in [4.69, 9.17) is 16.3 Å². The van der Waals surface area contributed by atoms with Crippen LogP contribution in [0.1, 0.15) is 59.4 Å². The summed E-state index contributed by atoms with van der Waals surface area (Å²) in [5.41, 5.74) is -0.355. The minimum absolute atomic E-state index is 0.0562. The molecule has 2 amide bonds. The number of carbonyl (C=O) groups is 2. The van der Waals surface area contributed by atoms with Crippen molar-refractivity contribution in [3.8, 4) is 0 Å². The second-order valence-electron chi connectivity index (χ2n) is 8.45. The largest absolute Gasteiger partial charge is 0.444 e. The number of hydrogen-bond acceptors (Lipinski definition) is 3. The van der Waals surface area contributed by atoms with Crippen molar-refractivity contribution >= 4 is 23.6 Å². The first-order valence-electron chi connectivity index (χ1n) is 9.74. The van der Waals surface area contributed by atoms with E-state index < -0.39 is 23.6 Å². The lowest BCUT2D eigenvalue weighted by Gasteiger charge is -2.39. The van der Waals surface area contributed by atoms with E-state index >= 15 is 0 Å². The highest BCUT2D eigenvalue weighted by Gasteiger charge is 2.37. The van der Waals surface area contributed by atoms with Crippen molar-refractivity contribution in [1.82, 2.24) is 9.80 Å². The fraction of sp³-hybridized carbons (Fsp3) is 0.619. The lowest BCUT2D eigenvalue weighted by molar-refractivity contribution is -0.140. The highest BCUT2D eigenvalue weighted by molar-refractivity contribution is 6.31. The van der Waals surface area contributed by atoms with Crippen molar-refractivity contribution in [1.29, 1.82) is 0 Å². The van der Waals surface area contributed by atoms with Crippen LogP contribution in [0.15, 0.2) is 18.2 Å². The number of benzene rings is 1. The topological polar surface area (TPSA) is 49.9 Å². The summed E-state index contributed by atoms with van der Waals surface area (Å²) in [6.07, 6.45) is 1.75. The molecule has 0 radical (unpaired) electrons. The first kappa shape index (κ1) is 22.5. The van der Waals surface area contributed by atoms with Crippen LogP contribution in [-0.2, 0) is 16.1 Å². The van der Waals surface area contributed by atoms with E-state index in [9.17, 15) is 14.0 Å². The molecule has 156 valence electrons. The average Bonchev–Trinajstić information content (AvgIpc) is 2.59. The van der Waals surface area contributed by atoms with E-state index in [-0.39, 0.29) is 29.1 Å². The second kappa shape index (κ2) is 9.12. The van der Waals surface area contributed by atoms with Gasteiger partial charge in [0.1, 0.15) is 17.5 Å². The standard InChI is InChI=1S/C21H30ClFN2O3/c1-14(2)25(13-15-16(22)9-8-10-17(15)23)19(26)18-11-6-7-12-24(18)20(27)28-21(3,4)5/h8-10,14,18H,6-7,11-13H2,1-5H3/t18-/m1/s1. The van der Waals surface area contributed by atoms with Crippen molar-refractivity contribution < 1.29 is 18.7 Å². The van der Waals surface area contributed by atoms with Crippen LogP contribution in [-0.4, -0.2) is 46.0 Å². The maximum atomic E-state index is 14.3. The number of nitrogens with zero attached hydrogens (tertiary/aromatic N) is 2. The molecule has 0 unspecified atom stereocenters. The van der Waals surface area contributed by atoms with Gasteiger partial charge in [0.2, 0.25) is 5.91 Å². The maximum absolute atomic E-state index is 14.3. The van der Waals surface area contributed by atoms with Crippen molar-refractivity contribution in [2.45, 2.75) is 78.1 Å². The molecule has 0 spiro atoms. The molecule has 2 rings (SSSR count). The maximum Gasteiger partial charge on any atom is 0.410 e. The van der Waals surface area contributed by atoms with Gasteiger partial charge in [-0.25, -0.2) is 9.18 Å². The minimum atomic E-state index is -0.638. The number of likely N-dealkylation sites (tertiary alicyclic amines) is 1. The van der Waals surface area contributed by atoms with Crippen molar-refractivity contribution in [3.05, 3.63) is 34.6 Å². The third-order valence-corrected chi connectivity index (χ3v) is 5.07. The van der Waals surface area contributed by atoms with E-state index in [1.54, 1.807) is 31.7 Å². The number of rotatable bonds is 4. The highest BCUT2D eigenvalue weighted by Crippen LogP contribution is 2.26. The first-order valence-corrected chi connectivity index (χ1v) is 10.1. The molecular formula is C21H30ClFN2O3. The van der Waals surface area contributed by atoms with E-state index in [2.05, 4.69) is 0 Å². The molecule has 7 heteroatoms. The highest BCUT2D eigenvalue weighted by atomic mass is 35.5. The third-order valence-electron chi connectivity index (χ3n) is 4.71. The van der Waals surface area contributed by atoms with E-state index in [0.717, 1.165) is 12.8 Å². The number of carbonyl (C=O) groups excluding carboxylic acids is 2. The molecule has 0 N–H and O–H groups in total. The van der Waals surface area contributed by atoms with E-state index in [1.165, 1.54) is 17.0 Å². The molecule has 0 saturated carbocycles. The second-order valence-corrected chi connectivity index (χ2v) is 8.85. The number of ether oxygens (including phenoxy) is 1. The molecule has 1 aliphatic heterocycles. The van der Waals surface area contributed by atoms with Gasteiger partial charge < -0.3 is 9.64 Å². The fourth-order valence-electron chi connectivity index (χ4n) is 3.29. The molecule has 1 aromatic rings. The van der Waals surface area contributed by atoms with Crippen molar-refractivity contribution in [2.75, 3.05) is 6.54 Å². The van der Waals surface area contributed by atoms with Gasteiger partial charge in [-0.2, -0.15) is 0 Å². The zero-order chi connectivity index (χ0) is 21.1. The van der Waals surface area contributed by atoms with Gasteiger partial charge in [0, 0.05) is 23.2 Å². The fourth-order valence-corrected chi connectivity index (χ4v) is 3.51. The molecule has 1 saturated heterocycles.